The van der Waals surface area contributed by atoms with E-state index in [1.54, 1.807) is 0 Å². The van der Waals surface area contributed by atoms with E-state index in [-0.39, 0.29) is 0 Å². The Morgan fingerprint density at radius 2 is 2.24 bits per heavy atom. The first-order valence-corrected chi connectivity index (χ1v) is 6.73. The summed E-state index contributed by atoms with van der Waals surface area (Å²) in [6.45, 7) is 1.87. The maximum absolute atomic E-state index is 10.6. The fourth-order valence-corrected chi connectivity index (χ4v) is 3.02. The van der Waals surface area contributed by atoms with Gasteiger partial charge in [0.1, 0.15) is 0 Å². The van der Waals surface area contributed by atoms with Gasteiger partial charge in [0, 0.05) is 30.6 Å². The van der Waals surface area contributed by atoms with Gasteiger partial charge in [-0.15, -0.1) is 0 Å². The van der Waals surface area contributed by atoms with Crippen LogP contribution in [0.15, 0.2) is 24.3 Å². The van der Waals surface area contributed by atoms with Crippen molar-refractivity contribution >= 4 is 11.6 Å². The number of β-amino-alcohol motifs (C(OH)–C–C–N with tert-alkyl or cyclic N) is 1. The van der Waals surface area contributed by atoms with E-state index in [0.29, 0.717) is 0 Å². The van der Waals surface area contributed by atoms with Gasteiger partial charge in [0.25, 0.3) is 0 Å². The van der Waals surface area contributed by atoms with Gasteiger partial charge in [0.05, 0.1) is 5.60 Å². The van der Waals surface area contributed by atoms with Crippen LogP contribution in [0.3, 0.4) is 0 Å². The zero-order valence-electron chi connectivity index (χ0n) is 9.90. The van der Waals surface area contributed by atoms with E-state index in [0.717, 1.165) is 42.6 Å². The predicted molar refractivity (Wildman–Crippen MR) is 69.3 cm³/mol. The second-order valence-electron chi connectivity index (χ2n) is 5.48. The van der Waals surface area contributed by atoms with Crippen molar-refractivity contribution in [2.75, 3.05) is 13.1 Å². The molecule has 1 aliphatic heterocycles. The molecule has 1 atom stereocenters. The summed E-state index contributed by atoms with van der Waals surface area (Å²) in [7, 11) is 0. The van der Waals surface area contributed by atoms with Gasteiger partial charge in [-0.2, -0.15) is 0 Å². The molecule has 1 unspecified atom stereocenters. The lowest BCUT2D eigenvalue weighted by Gasteiger charge is -2.23. The maximum Gasteiger partial charge on any atom is 0.0826 e. The largest absolute Gasteiger partial charge is 0.388 e. The third-order valence-electron chi connectivity index (χ3n) is 3.85. The molecule has 1 heterocycles. The van der Waals surface area contributed by atoms with Crippen LogP contribution in [0.25, 0.3) is 0 Å². The second kappa shape index (κ2) is 4.27. The molecule has 1 saturated heterocycles. The molecule has 1 saturated carbocycles. The highest BCUT2D eigenvalue weighted by Crippen LogP contribution is 2.34. The number of rotatable bonds is 3. The highest BCUT2D eigenvalue weighted by molar-refractivity contribution is 6.30. The number of likely N-dealkylation sites (tertiary alicyclic amines) is 1. The summed E-state index contributed by atoms with van der Waals surface area (Å²) in [6, 6.07) is 8.58. The molecule has 0 radical (unpaired) electrons. The highest BCUT2D eigenvalue weighted by Gasteiger charge is 2.41. The predicted octanol–water partition coefficient (Wildman–Crippen LogP) is 2.48. The Bertz CT molecular complexity index is 418. The Balaban J connectivity index is 1.68. The Morgan fingerprint density at radius 3 is 2.94 bits per heavy atom. The summed E-state index contributed by atoms with van der Waals surface area (Å²) in [5.74, 6) is 0. The number of nitrogens with zero attached hydrogens (tertiary/aromatic N) is 1. The van der Waals surface area contributed by atoms with Crippen molar-refractivity contribution in [2.24, 2.45) is 0 Å². The van der Waals surface area contributed by atoms with Gasteiger partial charge in [-0.05, 0) is 37.0 Å². The van der Waals surface area contributed by atoms with Crippen LogP contribution >= 0.6 is 11.6 Å². The van der Waals surface area contributed by atoms with Crippen molar-refractivity contribution in [1.82, 2.24) is 4.90 Å². The van der Waals surface area contributed by atoms with E-state index < -0.39 is 5.60 Å². The first kappa shape index (κ1) is 11.5. The van der Waals surface area contributed by atoms with Crippen LogP contribution < -0.4 is 0 Å². The normalized spacial score (nSPS) is 29.8. The summed E-state index contributed by atoms with van der Waals surface area (Å²) in [5.41, 5.74) is 0.588. The molecule has 1 aromatic carbocycles. The molecule has 3 heteroatoms. The first-order valence-electron chi connectivity index (χ1n) is 6.36. The van der Waals surface area contributed by atoms with Crippen LogP contribution in [0.2, 0.25) is 5.02 Å². The fraction of sp³-hybridized carbons (Fsp3) is 0.571. The van der Waals surface area contributed by atoms with Crippen LogP contribution in [0, 0.1) is 0 Å². The third kappa shape index (κ3) is 2.65. The van der Waals surface area contributed by atoms with E-state index in [1.807, 2.05) is 24.3 Å². The Morgan fingerprint density at radius 1 is 1.41 bits per heavy atom. The molecule has 2 nitrogen and oxygen atoms in total. The summed E-state index contributed by atoms with van der Waals surface area (Å²) in [5, 5.41) is 11.4. The maximum atomic E-state index is 10.6. The van der Waals surface area contributed by atoms with E-state index >= 15 is 0 Å². The lowest BCUT2D eigenvalue weighted by atomic mass is 9.94. The topological polar surface area (TPSA) is 23.5 Å². The lowest BCUT2D eigenvalue weighted by Crippen LogP contribution is -2.36. The summed E-state index contributed by atoms with van der Waals surface area (Å²) < 4.78 is 0. The van der Waals surface area contributed by atoms with E-state index in [4.69, 9.17) is 11.6 Å². The molecule has 92 valence electrons. The lowest BCUT2D eigenvalue weighted by molar-refractivity contribution is 0.0487. The van der Waals surface area contributed by atoms with Crippen molar-refractivity contribution in [3.05, 3.63) is 34.9 Å². The van der Waals surface area contributed by atoms with Gasteiger partial charge in [0.15, 0.2) is 0 Å². The van der Waals surface area contributed by atoms with Crippen LogP contribution in [0.1, 0.15) is 24.8 Å². The number of hydrogen-bond donors (Lipinski definition) is 1. The molecule has 0 bridgehead atoms. The quantitative estimate of drug-likeness (QED) is 0.892. The molecule has 17 heavy (non-hydrogen) atoms. The highest BCUT2D eigenvalue weighted by atomic mass is 35.5. The van der Waals surface area contributed by atoms with Crippen LogP contribution in [-0.4, -0.2) is 34.7 Å². The van der Waals surface area contributed by atoms with E-state index in [9.17, 15) is 5.11 Å². The summed E-state index contributed by atoms with van der Waals surface area (Å²) >= 11 is 5.97. The standard InChI is InChI=1S/C14H18ClNO/c15-12-3-1-2-11(8-12)9-14(17)6-7-16(10-14)13-4-5-13/h1-3,8,13,17H,4-7,9-10H2. The molecule has 1 aromatic rings. The smallest absolute Gasteiger partial charge is 0.0826 e. The summed E-state index contributed by atoms with van der Waals surface area (Å²) in [4.78, 5) is 2.44. The molecule has 2 aliphatic rings. The molecule has 2 fully saturated rings. The average molecular weight is 252 g/mol. The van der Waals surface area contributed by atoms with Gasteiger partial charge < -0.3 is 5.11 Å². The third-order valence-corrected chi connectivity index (χ3v) is 4.08. The Labute approximate surface area is 107 Å². The molecule has 0 aromatic heterocycles. The molecule has 1 aliphatic carbocycles. The van der Waals surface area contributed by atoms with Crippen molar-refractivity contribution < 1.29 is 5.11 Å². The minimum atomic E-state index is -0.548. The zero-order valence-corrected chi connectivity index (χ0v) is 10.7. The zero-order chi connectivity index (χ0) is 11.9. The van der Waals surface area contributed by atoms with E-state index in [2.05, 4.69) is 4.90 Å². The molecular formula is C14H18ClNO. The fourth-order valence-electron chi connectivity index (χ4n) is 2.81. The van der Waals surface area contributed by atoms with Crippen LogP contribution in [0.5, 0.6) is 0 Å². The Hall–Kier alpha value is -0.570. The number of benzene rings is 1. The molecule has 1 N–H and O–H groups in total. The van der Waals surface area contributed by atoms with Gasteiger partial charge in [-0.25, -0.2) is 0 Å². The molecule has 0 spiro atoms. The molecule has 3 rings (SSSR count). The Kier molecular flexibility index (Phi) is 2.89. The monoisotopic (exact) mass is 251 g/mol. The SMILES string of the molecule is OC1(Cc2cccc(Cl)c2)CCN(C2CC2)C1. The van der Waals surface area contributed by atoms with E-state index in [1.165, 1.54) is 12.8 Å². The van der Waals surface area contributed by atoms with Crippen LogP contribution in [-0.2, 0) is 6.42 Å². The minimum absolute atomic E-state index is 0.548. The number of hydrogen-bond acceptors (Lipinski definition) is 2. The average Bonchev–Trinajstić information content (AvgIpc) is 3.03. The van der Waals surface area contributed by atoms with Gasteiger partial charge in [0.2, 0.25) is 0 Å². The van der Waals surface area contributed by atoms with Gasteiger partial charge in [-0.3, -0.25) is 4.90 Å². The van der Waals surface area contributed by atoms with Crippen molar-refractivity contribution in [2.45, 2.75) is 37.3 Å². The van der Waals surface area contributed by atoms with Crippen molar-refractivity contribution in [3.63, 3.8) is 0 Å². The summed E-state index contributed by atoms with van der Waals surface area (Å²) in [6.07, 6.45) is 4.23. The van der Waals surface area contributed by atoms with Crippen molar-refractivity contribution in [1.29, 1.82) is 0 Å². The van der Waals surface area contributed by atoms with Crippen LogP contribution in [0.4, 0.5) is 0 Å². The second-order valence-corrected chi connectivity index (χ2v) is 5.92. The molecular weight excluding hydrogens is 234 g/mol. The van der Waals surface area contributed by atoms with Crippen molar-refractivity contribution in [3.8, 4) is 0 Å². The minimum Gasteiger partial charge on any atom is -0.388 e. The number of aliphatic hydroxyl groups is 1. The molecule has 0 amide bonds. The number of halogens is 1. The first-order chi connectivity index (χ1) is 8.15. The van der Waals surface area contributed by atoms with Gasteiger partial charge in [-0.1, -0.05) is 23.7 Å². The van der Waals surface area contributed by atoms with Gasteiger partial charge >= 0.3 is 0 Å².